The fourth-order valence-electron chi connectivity index (χ4n) is 4.68. The van der Waals surface area contributed by atoms with Crippen molar-refractivity contribution >= 4 is 5.97 Å². The zero-order chi connectivity index (χ0) is 22.4. The second-order valence-corrected chi connectivity index (χ2v) is 8.50. The molecule has 1 saturated heterocycles. The minimum Gasteiger partial charge on any atom is -0.477 e. The van der Waals surface area contributed by atoms with Crippen molar-refractivity contribution in [3.05, 3.63) is 47.0 Å². The molecular formula is C23H27N5O4. The normalized spacial score (nSPS) is 16.6. The summed E-state index contributed by atoms with van der Waals surface area (Å²) < 4.78 is 14.7. The molecule has 32 heavy (non-hydrogen) atoms. The predicted molar refractivity (Wildman–Crippen MR) is 117 cm³/mol. The Kier molecular flexibility index (Phi) is 5.13. The third kappa shape index (κ3) is 3.52. The van der Waals surface area contributed by atoms with Crippen molar-refractivity contribution < 1.29 is 19.4 Å². The summed E-state index contributed by atoms with van der Waals surface area (Å²) in [6, 6.07) is 7.74. The van der Waals surface area contributed by atoms with Gasteiger partial charge in [-0.25, -0.2) is 9.78 Å². The zero-order valence-corrected chi connectivity index (χ0v) is 18.5. The van der Waals surface area contributed by atoms with Gasteiger partial charge >= 0.3 is 5.97 Å². The van der Waals surface area contributed by atoms with E-state index in [0.29, 0.717) is 18.4 Å². The van der Waals surface area contributed by atoms with Gasteiger partial charge in [-0.2, -0.15) is 5.10 Å². The van der Waals surface area contributed by atoms with E-state index in [0.717, 1.165) is 61.2 Å². The molecule has 3 aromatic rings. The number of para-hydroxylation sites is 1. The van der Waals surface area contributed by atoms with Gasteiger partial charge in [0.2, 0.25) is 6.79 Å². The number of benzene rings is 1. The molecule has 2 aliphatic rings. The van der Waals surface area contributed by atoms with Crippen LogP contribution >= 0.6 is 0 Å². The lowest BCUT2D eigenvalue weighted by Gasteiger charge is -2.32. The Labute approximate surface area is 186 Å². The second-order valence-electron chi connectivity index (χ2n) is 8.50. The largest absolute Gasteiger partial charge is 0.477 e. The number of carboxylic acids is 1. The lowest BCUT2D eigenvalue weighted by molar-refractivity contribution is 0.0685. The number of carbonyl (C=O) groups is 1. The van der Waals surface area contributed by atoms with E-state index in [4.69, 9.17) is 14.5 Å². The second kappa shape index (κ2) is 7.98. The van der Waals surface area contributed by atoms with Gasteiger partial charge in [0.15, 0.2) is 11.5 Å². The van der Waals surface area contributed by atoms with Gasteiger partial charge in [-0.1, -0.05) is 12.1 Å². The summed E-state index contributed by atoms with van der Waals surface area (Å²) >= 11 is 0. The summed E-state index contributed by atoms with van der Waals surface area (Å²) in [5, 5.41) is 13.7. The smallest absolute Gasteiger partial charge is 0.354 e. The minimum atomic E-state index is -0.996. The van der Waals surface area contributed by atoms with E-state index in [1.165, 1.54) is 10.2 Å². The van der Waals surface area contributed by atoms with E-state index in [-0.39, 0.29) is 5.69 Å². The number of rotatable bonds is 5. The van der Waals surface area contributed by atoms with Crippen LogP contribution in [0.2, 0.25) is 0 Å². The molecule has 0 atom stereocenters. The van der Waals surface area contributed by atoms with Crippen molar-refractivity contribution in [3.8, 4) is 22.9 Å². The van der Waals surface area contributed by atoms with Crippen LogP contribution in [-0.2, 0) is 20.6 Å². The number of aromatic nitrogens is 4. The third-order valence-electron chi connectivity index (χ3n) is 6.63. The number of hydrogen-bond acceptors (Lipinski definition) is 6. The van der Waals surface area contributed by atoms with Gasteiger partial charge in [-0.15, -0.1) is 0 Å². The number of fused-ring (bicyclic) bond motifs is 1. The number of imidazole rings is 1. The van der Waals surface area contributed by atoms with Gasteiger partial charge in [-0.3, -0.25) is 9.58 Å². The van der Waals surface area contributed by atoms with Crippen LogP contribution in [0.5, 0.6) is 11.5 Å². The summed E-state index contributed by atoms with van der Waals surface area (Å²) in [5.74, 6) is 2.18. The van der Waals surface area contributed by atoms with Gasteiger partial charge in [-0.05, 0) is 44.8 Å². The Morgan fingerprint density at radius 1 is 1.22 bits per heavy atom. The summed E-state index contributed by atoms with van der Waals surface area (Å²) in [4.78, 5) is 18.6. The summed E-state index contributed by atoms with van der Waals surface area (Å²) in [7, 11) is 3.63. The van der Waals surface area contributed by atoms with E-state index < -0.39 is 5.97 Å². The van der Waals surface area contributed by atoms with Gasteiger partial charge in [0, 0.05) is 31.4 Å². The number of aromatic carboxylic acids is 1. The predicted octanol–water partition coefficient (Wildman–Crippen LogP) is 2.94. The molecule has 1 N–H and O–H groups in total. The first-order valence-corrected chi connectivity index (χ1v) is 10.8. The first kappa shape index (κ1) is 20.6. The first-order valence-electron chi connectivity index (χ1n) is 10.8. The molecule has 0 radical (unpaired) electrons. The Morgan fingerprint density at radius 3 is 2.72 bits per heavy atom. The topological polar surface area (TPSA) is 94.6 Å². The summed E-state index contributed by atoms with van der Waals surface area (Å²) in [5.41, 5.74) is 3.69. The monoisotopic (exact) mass is 437 g/mol. The molecule has 5 rings (SSSR count). The van der Waals surface area contributed by atoms with Crippen molar-refractivity contribution in [2.24, 2.45) is 14.1 Å². The van der Waals surface area contributed by atoms with Crippen LogP contribution in [0.1, 0.15) is 46.3 Å². The molecule has 1 fully saturated rings. The highest BCUT2D eigenvalue weighted by Crippen LogP contribution is 2.42. The molecule has 0 amide bonds. The van der Waals surface area contributed by atoms with E-state index in [1.807, 2.05) is 26.1 Å². The third-order valence-corrected chi connectivity index (χ3v) is 6.63. The quantitative estimate of drug-likeness (QED) is 0.656. The number of likely N-dealkylation sites (tertiary alicyclic amines) is 1. The van der Waals surface area contributed by atoms with E-state index in [1.54, 1.807) is 13.1 Å². The molecule has 1 aromatic carbocycles. The fraction of sp³-hybridized carbons (Fsp3) is 0.435. The average molecular weight is 438 g/mol. The van der Waals surface area contributed by atoms with Crippen molar-refractivity contribution in [1.29, 1.82) is 0 Å². The van der Waals surface area contributed by atoms with Crippen LogP contribution in [0.3, 0.4) is 0 Å². The van der Waals surface area contributed by atoms with E-state index >= 15 is 0 Å². The van der Waals surface area contributed by atoms with Crippen LogP contribution in [0.4, 0.5) is 0 Å². The Bertz CT molecular complexity index is 1170. The fourth-order valence-corrected chi connectivity index (χ4v) is 4.68. The number of ether oxygens (including phenoxy) is 2. The zero-order valence-electron chi connectivity index (χ0n) is 18.5. The molecule has 0 spiro atoms. The SMILES string of the molecule is Cc1c(-c2cc(C(=O)O)n(C)n2)nc(CN2CCC(c3cccc4c3OCO4)CC2)n1C. The molecule has 0 aliphatic carbocycles. The molecule has 0 bridgehead atoms. The summed E-state index contributed by atoms with van der Waals surface area (Å²) in [6.45, 7) is 4.99. The molecule has 9 nitrogen and oxygen atoms in total. The van der Waals surface area contributed by atoms with Gasteiger partial charge in [0.25, 0.3) is 0 Å². The van der Waals surface area contributed by atoms with E-state index in [9.17, 15) is 9.90 Å². The molecule has 0 saturated carbocycles. The van der Waals surface area contributed by atoms with Crippen LogP contribution in [0.15, 0.2) is 24.3 Å². The standard InChI is InChI=1S/C23H27N5O4/c1-14-21(17-11-18(23(29)30)27(3)25-17)24-20(26(14)2)12-28-9-7-15(8-10-28)16-5-4-6-19-22(16)32-13-31-19/h4-6,11,15H,7-10,12-13H2,1-3H3,(H,29,30). The van der Waals surface area contributed by atoms with Gasteiger partial charge < -0.3 is 19.1 Å². The molecule has 0 unspecified atom stereocenters. The van der Waals surface area contributed by atoms with Crippen LogP contribution in [0.25, 0.3) is 11.4 Å². The van der Waals surface area contributed by atoms with Crippen molar-refractivity contribution in [2.75, 3.05) is 19.9 Å². The highest BCUT2D eigenvalue weighted by atomic mass is 16.7. The van der Waals surface area contributed by atoms with Gasteiger partial charge in [0.05, 0.1) is 6.54 Å². The molecule has 2 aromatic heterocycles. The van der Waals surface area contributed by atoms with Crippen molar-refractivity contribution in [3.63, 3.8) is 0 Å². The van der Waals surface area contributed by atoms with Crippen LogP contribution in [0, 0.1) is 6.92 Å². The molecular weight excluding hydrogens is 410 g/mol. The lowest BCUT2D eigenvalue weighted by Crippen LogP contribution is -2.33. The van der Waals surface area contributed by atoms with E-state index in [2.05, 4.69) is 20.6 Å². The first-order chi connectivity index (χ1) is 15.4. The van der Waals surface area contributed by atoms with Crippen molar-refractivity contribution in [2.45, 2.75) is 32.2 Å². The number of carboxylic acid groups (broad SMARTS) is 1. The molecule has 9 heteroatoms. The van der Waals surface area contributed by atoms with Crippen LogP contribution in [-0.4, -0.2) is 55.2 Å². The number of piperidine rings is 1. The van der Waals surface area contributed by atoms with Crippen molar-refractivity contribution in [1.82, 2.24) is 24.2 Å². The Hall–Kier alpha value is -3.33. The number of aryl methyl sites for hydroxylation is 1. The minimum absolute atomic E-state index is 0.149. The lowest BCUT2D eigenvalue weighted by atomic mass is 9.88. The average Bonchev–Trinajstić information content (AvgIpc) is 3.48. The molecule has 168 valence electrons. The Morgan fingerprint density at radius 2 is 2.00 bits per heavy atom. The number of nitrogens with zero attached hydrogens (tertiary/aromatic N) is 5. The molecule has 4 heterocycles. The maximum Gasteiger partial charge on any atom is 0.354 e. The number of hydrogen-bond donors (Lipinski definition) is 1. The highest BCUT2D eigenvalue weighted by molar-refractivity contribution is 5.87. The maximum absolute atomic E-state index is 11.4. The Balaban J connectivity index is 1.29. The maximum atomic E-state index is 11.4. The highest BCUT2D eigenvalue weighted by Gasteiger charge is 2.28. The van der Waals surface area contributed by atoms with Gasteiger partial charge in [0.1, 0.15) is 22.9 Å². The van der Waals surface area contributed by atoms with Crippen LogP contribution < -0.4 is 9.47 Å². The molecule has 2 aliphatic heterocycles. The summed E-state index contributed by atoms with van der Waals surface area (Å²) in [6.07, 6.45) is 2.11.